The standard InChI is InChI=1S/C18H26IN5O/c1-20-9-5-11-24-17-15(16(22-24)14-8-4-10-23(14)19)12-6-2-3-7-13(12)18(25)21-17/h14,20H,2-11H2,1H3,(H,21,25). The van der Waals surface area contributed by atoms with Crippen molar-refractivity contribution in [2.75, 3.05) is 20.1 Å². The fourth-order valence-corrected chi connectivity index (χ4v) is 5.20. The zero-order valence-corrected chi connectivity index (χ0v) is 16.9. The Morgan fingerprint density at radius 3 is 2.80 bits per heavy atom. The number of aromatic amines is 1. The van der Waals surface area contributed by atoms with E-state index in [4.69, 9.17) is 5.10 Å². The molecule has 2 aromatic heterocycles. The van der Waals surface area contributed by atoms with Crippen LogP contribution in [-0.2, 0) is 19.4 Å². The molecule has 1 unspecified atom stereocenters. The van der Waals surface area contributed by atoms with Crippen LogP contribution in [0, 0.1) is 0 Å². The van der Waals surface area contributed by atoms with Crippen molar-refractivity contribution in [1.82, 2.24) is 23.2 Å². The molecule has 1 aliphatic heterocycles. The summed E-state index contributed by atoms with van der Waals surface area (Å²) in [5, 5.41) is 9.45. The minimum absolute atomic E-state index is 0.0984. The van der Waals surface area contributed by atoms with Crippen LogP contribution in [0.25, 0.3) is 11.0 Å². The van der Waals surface area contributed by atoms with Crippen LogP contribution >= 0.6 is 22.9 Å². The van der Waals surface area contributed by atoms with Crippen molar-refractivity contribution in [3.05, 3.63) is 27.2 Å². The Morgan fingerprint density at radius 1 is 1.28 bits per heavy atom. The fourth-order valence-electron chi connectivity index (χ4n) is 4.32. The Balaban J connectivity index is 1.88. The predicted octanol–water partition coefficient (Wildman–Crippen LogP) is 2.70. The summed E-state index contributed by atoms with van der Waals surface area (Å²) in [5.41, 5.74) is 4.50. The average Bonchev–Trinajstić information content (AvgIpc) is 3.19. The Labute approximate surface area is 161 Å². The van der Waals surface area contributed by atoms with E-state index in [0.717, 1.165) is 62.9 Å². The zero-order chi connectivity index (χ0) is 17.4. The molecule has 0 bridgehead atoms. The largest absolute Gasteiger partial charge is 0.320 e. The highest BCUT2D eigenvalue weighted by atomic mass is 127. The van der Waals surface area contributed by atoms with Gasteiger partial charge in [-0.05, 0) is 64.1 Å². The van der Waals surface area contributed by atoms with E-state index in [9.17, 15) is 4.79 Å². The van der Waals surface area contributed by atoms with Gasteiger partial charge in [0.25, 0.3) is 5.56 Å². The van der Waals surface area contributed by atoms with Gasteiger partial charge in [0.15, 0.2) is 0 Å². The zero-order valence-electron chi connectivity index (χ0n) is 14.8. The second-order valence-electron chi connectivity index (χ2n) is 7.19. The molecule has 1 aliphatic carbocycles. The van der Waals surface area contributed by atoms with E-state index in [1.54, 1.807) is 0 Å². The quantitative estimate of drug-likeness (QED) is 0.414. The lowest BCUT2D eigenvalue weighted by Crippen LogP contribution is -2.20. The van der Waals surface area contributed by atoms with E-state index >= 15 is 0 Å². The van der Waals surface area contributed by atoms with E-state index in [-0.39, 0.29) is 5.56 Å². The third-order valence-electron chi connectivity index (χ3n) is 5.55. The predicted molar refractivity (Wildman–Crippen MR) is 108 cm³/mol. The minimum Gasteiger partial charge on any atom is -0.320 e. The molecule has 0 radical (unpaired) electrons. The molecule has 1 saturated heterocycles. The van der Waals surface area contributed by atoms with E-state index in [1.165, 1.54) is 29.5 Å². The lowest BCUT2D eigenvalue weighted by molar-refractivity contribution is 0.467. The summed E-state index contributed by atoms with van der Waals surface area (Å²) in [4.78, 5) is 15.8. The molecule has 6 nitrogen and oxygen atoms in total. The van der Waals surface area contributed by atoms with Gasteiger partial charge in [-0.25, -0.2) is 7.80 Å². The molecular weight excluding hydrogens is 429 g/mol. The maximum Gasteiger partial charge on any atom is 0.253 e. The van der Waals surface area contributed by atoms with Crippen molar-refractivity contribution in [3.63, 3.8) is 0 Å². The summed E-state index contributed by atoms with van der Waals surface area (Å²) >= 11 is 2.44. The van der Waals surface area contributed by atoms with Crippen LogP contribution < -0.4 is 10.9 Å². The number of aryl methyl sites for hydroxylation is 2. The van der Waals surface area contributed by atoms with Gasteiger partial charge in [0.05, 0.1) is 11.7 Å². The number of nitrogens with one attached hydrogen (secondary N) is 2. The van der Waals surface area contributed by atoms with Crippen LogP contribution in [0.5, 0.6) is 0 Å². The van der Waals surface area contributed by atoms with Gasteiger partial charge >= 0.3 is 0 Å². The highest BCUT2D eigenvalue weighted by Crippen LogP contribution is 2.39. The van der Waals surface area contributed by atoms with Gasteiger partial charge in [-0.1, -0.05) is 0 Å². The topological polar surface area (TPSA) is 66.0 Å². The maximum atomic E-state index is 12.6. The minimum atomic E-state index is 0.0984. The second-order valence-corrected chi connectivity index (χ2v) is 8.43. The van der Waals surface area contributed by atoms with E-state index in [2.05, 4.69) is 36.3 Å². The van der Waals surface area contributed by atoms with Gasteiger partial charge in [-0.15, -0.1) is 0 Å². The molecule has 0 saturated carbocycles. The molecule has 2 aromatic rings. The monoisotopic (exact) mass is 455 g/mol. The molecule has 0 aromatic carbocycles. The molecule has 4 rings (SSSR count). The van der Waals surface area contributed by atoms with Crippen molar-refractivity contribution in [2.24, 2.45) is 0 Å². The molecule has 0 spiro atoms. The number of pyridine rings is 1. The number of nitrogens with zero attached hydrogens (tertiary/aromatic N) is 3. The van der Waals surface area contributed by atoms with Gasteiger partial charge in [0, 0.05) is 46.9 Å². The van der Waals surface area contributed by atoms with Crippen LogP contribution in [0.1, 0.15) is 55.0 Å². The molecule has 1 fully saturated rings. The SMILES string of the molecule is CNCCCn1nc(C2CCCN2I)c2c3c(c(=O)[nH]c21)CCCC3. The summed E-state index contributed by atoms with van der Waals surface area (Å²) < 4.78 is 4.43. The Morgan fingerprint density at radius 2 is 2.08 bits per heavy atom. The molecule has 2 N–H and O–H groups in total. The number of fused-ring (bicyclic) bond motifs is 3. The van der Waals surface area contributed by atoms with Crippen molar-refractivity contribution >= 4 is 33.9 Å². The molecule has 7 heteroatoms. The Hall–Kier alpha value is -0.930. The van der Waals surface area contributed by atoms with E-state index in [1.807, 2.05) is 11.7 Å². The van der Waals surface area contributed by atoms with Gasteiger partial charge in [0.2, 0.25) is 0 Å². The van der Waals surface area contributed by atoms with Crippen LogP contribution in [-0.4, -0.2) is 38.0 Å². The van der Waals surface area contributed by atoms with Gasteiger partial charge < -0.3 is 10.3 Å². The van der Waals surface area contributed by atoms with Crippen LogP contribution in [0.15, 0.2) is 4.79 Å². The normalized spacial score (nSPS) is 21.1. The number of hydrogen-bond donors (Lipinski definition) is 2. The van der Waals surface area contributed by atoms with Crippen LogP contribution in [0.2, 0.25) is 0 Å². The van der Waals surface area contributed by atoms with Gasteiger partial charge in [-0.2, -0.15) is 5.10 Å². The van der Waals surface area contributed by atoms with Crippen molar-refractivity contribution < 1.29 is 0 Å². The van der Waals surface area contributed by atoms with Crippen molar-refractivity contribution in [3.8, 4) is 0 Å². The number of hydrogen-bond acceptors (Lipinski definition) is 4. The number of aromatic nitrogens is 3. The Kier molecular flexibility index (Phi) is 5.15. The summed E-state index contributed by atoms with van der Waals surface area (Å²) in [6.07, 6.45) is 7.59. The van der Waals surface area contributed by atoms with Crippen molar-refractivity contribution in [2.45, 2.75) is 57.5 Å². The molecule has 136 valence electrons. The number of rotatable bonds is 5. The number of H-pyrrole nitrogens is 1. The van der Waals surface area contributed by atoms with Gasteiger partial charge in [-0.3, -0.25) is 4.79 Å². The highest BCUT2D eigenvalue weighted by Gasteiger charge is 2.31. The first-order valence-electron chi connectivity index (χ1n) is 9.42. The number of halogens is 1. The lowest BCUT2D eigenvalue weighted by Gasteiger charge is -2.19. The highest BCUT2D eigenvalue weighted by molar-refractivity contribution is 14.1. The smallest absolute Gasteiger partial charge is 0.253 e. The summed E-state index contributed by atoms with van der Waals surface area (Å²) in [6.45, 7) is 2.90. The Bertz CT molecular complexity index is 827. The average molecular weight is 455 g/mol. The van der Waals surface area contributed by atoms with E-state index in [0.29, 0.717) is 6.04 Å². The van der Waals surface area contributed by atoms with E-state index < -0.39 is 0 Å². The first kappa shape index (κ1) is 17.5. The molecule has 1 atom stereocenters. The molecule has 3 heterocycles. The molecule has 2 aliphatic rings. The lowest BCUT2D eigenvalue weighted by atomic mass is 9.89. The molecular formula is C18H26IN5O. The third-order valence-corrected chi connectivity index (χ3v) is 6.71. The summed E-state index contributed by atoms with van der Waals surface area (Å²) in [6, 6.07) is 0.366. The van der Waals surface area contributed by atoms with Crippen LogP contribution in [0.4, 0.5) is 0 Å². The first-order valence-corrected chi connectivity index (χ1v) is 10.4. The fraction of sp³-hybridized carbons (Fsp3) is 0.667. The van der Waals surface area contributed by atoms with Crippen LogP contribution in [0.3, 0.4) is 0 Å². The van der Waals surface area contributed by atoms with Crippen molar-refractivity contribution in [1.29, 1.82) is 0 Å². The summed E-state index contributed by atoms with van der Waals surface area (Å²) in [7, 11) is 1.97. The third kappa shape index (κ3) is 3.14. The molecule has 0 amide bonds. The maximum absolute atomic E-state index is 12.6. The van der Waals surface area contributed by atoms with Gasteiger partial charge in [0.1, 0.15) is 5.65 Å². The molecule has 25 heavy (non-hydrogen) atoms. The first-order chi connectivity index (χ1) is 12.2. The summed E-state index contributed by atoms with van der Waals surface area (Å²) in [5.74, 6) is 0. The second kappa shape index (κ2) is 7.36.